The molecular weight excluding hydrogens is 216 g/mol. The lowest BCUT2D eigenvalue weighted by atomic mass is 10.2. The predicted octanol–water partition coefficient (Wildman–Crippen LogP) is 1.55. The van der Waals surface area contributed by atoms with Gasteiger partial charge in [0.25, 0.3) is 0 Å². The predicted molar refractivity (Wildman–Crippen MR) is 67.5 cm³/mol. The minimum atomic E-state index is -0.0275. The number of amides is 2. The summed E-state index contributed by atoms with van der Waals surface area (Å²) in [5.74, 6) is 0.339. The molecule has 0 heterocycles. The molecule has 0 unspecified atom stereocenters. The number of hydrogen-bond acceptors (Lipinski definition) is 2. The molecule has 1 aliphatic carbocycles. The highest BCUT2D eigenvalue weighted by Crippen LogP contribution is 2.17. The van der Waals surface area contributed by atoms with Crippen LogP contribution in [-0.2, 0) is 9.59 Å². The summed E-state index contributed by atoms with van der Waals surface area (Å²) in [5.41, 5.74) is 0. The molecule has 0 saturated heterocycles. The molecule has 0 bridgehead atoms. The van der Waals surface area contributed by atoms with Crippen LogP contribution in [0.2, 0.25) is 0 Å². The summed E-state index contributed by atoms with van der Waals surface area (Å²) in [5, 5.41) is 3.00. The van der Waals surface area contributed by atoms with Crippen LogP contribution in [0, 0.1) is 5.92 Å². The Balaban J connectivity index is 2.37. The zero-order valence-corrected chi connectivity index (χ0v) is 11.2. The molecule has 1 N–H and O–H groups in total. The second kappa shape index (κ2) is 6.62. The molecule has 0 atom stereocenters. The zero-order chi connectivity index (χ0) is 12.8. The maximum Gasteiger partial charge on any atom is 0.239 e. The van der Waals surface area contributed by atoms with E-state index in [1.165, 1.54) is 19.8 Å². The third-order valence-corrected chi connectivity index (χ3v) is 3.09. The Bertz CT molecular complexity index is 271. The summed E-state index contributed by atoms with van der Waals surface area (Å²) >= 11 is 0. The van der Waals surface area contributed by atoms with E-state index in [0.29, 0.717) is 18.5 Å². The third kappa shape index (κ3) is 5.20. The van der Waals surface area contributed by atoms with Crippen LogP contribution in [0.15, 0.2) is 0 Å². The summed E-state index contributed by atoms with van der Waals surface area (Å²) in [6, 6.07) is 0.329. The standard InChI is InChI=1S/C13H24N2O2/c1-10(2)8-15(11(3)16)9-13(17)14-12-6-4-5-7-12/h10,12H,4-9H2,1-3H3,(H,14,17). The molecule has 2 amide bonds. The van der Waals surface area contributed by atoms with Gasteiger partial charge in [0.05, 0.1) is 6.54 Å². The van der Waals surface area contributed by atoms with Gasteiger partial charge in [0.15, 0.2) is 0 Å². The SMILES string of the molecule is CC(=O)N(CC(=O)NC1CCCC1)CC(C)C. The van der Waals surface area contributed by atoms with E-state index < -0.39 is 0 Å². The fraction of sp³-hybridized carbons (Fsp3) is 0.846. The average molecular weight is 240 g/mol. The van der Waals surface area contributed by atoms with Gasteiger partial charge in [-0.1, -0.05) is 26.7 Å². The fourth-order valence-corrected chi connectivity index (χ4v) is 2.26. The summed E-state index contributed by atoms with van der Waals surface area (Å²) in [6.45, 7) is 6.46. The number of hydrogen-bond donors (Lipinski definition) is 1. The first-order valence-electron chi connectivity index (χ1n) is 6.54. The lowest BCUT2D eigenvalue weighted by Gasteiger charge is -2.23. The van der Waals surface area contributed by atoms with Crippen molar-refractivity contribution in [3.63, 3.8) is 0 Å². The van der Waals surface area contributed by atoms with Crippen LogP contribution in [0.3, 0.4) is 0 Å². The topological polar surface area (TPSA) is 49.4 Å². The van der Waals surface area contributed by atoms with Crippen molar-refractivity contribution < 1.29 is 9.59 Å². The second-order valence-corrected chi connectivity index (χ2v) is 5.34. The first-order chi connectivity index (χ1) is 7.99. The lowest BCUT2D eigenvalue weighted by Crippen LogP contribution is -2.44. The van der Waals surface area contributed by atoms with E-state index in [1.807, 2.05) is 13.8 Å². The highest BCUT2D eigenvalue weighted by Gasteiger charge is 2.20. The van der Waals surface area contributed by atoms with Gasteiger partial charge in [-0.3, -0.25) is 9.59 Å². The van der Waals surface area contributed by atoms with Gasteiger partial charge >= 0.3 is 0 Å². The molecule has 0 aromatic heterocycles. The van der Waals surface area contributed by atoms with Crippen LogP contribution < -0.4 is 5.32 Å². The molecule has 0 aromatic carbocycles. The highest BCUT2D eigenvalue weighted by atomic mass is 16.2. The molecule has 4 nitrogen and oxygen atoms in total. The summed E-state index contributed by atoms with van der Waals surface area (Å²) in [7, 11) is 0. The van der Waals surface area contributed by atoms with Crippen molar-refractivity contribution in [2.45, 2.75) is 52.5 Å². The van der Waals surface area contributed by atoms with E-state index in [2.05, 4.69) is 5.32 Å². The second-order valence-electron chi connectivity index (χ2n) is 5.34. The Morgan fingerprint density at radius 1 is 1.29 bits per heavy atom. The van der Waals surface area contributed by atoms with E-state index >= 15 is 0 Å². The first kappa shape index (κ1) is 14.0. The number of rotatable bonds is 5. The van der Waals surface area contributed by atoms with E-state index in [0.717, 1.165) is 12.8 Å². The van der Waals surface area contributed by atoms with E-state index in [1.54, 1.807) is 4.90 Å². The van der Waals surface area contributed by atoms with Gasteiger partial charge in [0, 0.05) is 19.5 Å². The molecule has 17 heavy (non-hydrogen) atoms. The first-order valence-corrected chi connectivity index (χ1v) is 6.54. The number of carbonyl (C=O) groups is 2. The van der Waals surface area contributed by atoms with Gasteiger partial charge in [0.2, 0.25) is 11.8 Å². The van der Waals surface area contributed by atoms with Crippen molar-refractivity contribution in [2.75, 3.05) is 13.1 Å². The van der Waals surface area contributed by atoms with Crippen molar-refractivity contribution >= 4 is 11.8 Å². The van der Waals surface area contributed by atoms with Crippen LogP contribution in [-0.4, -0.2) is 35.8 Å². The molecule has 0 radical (unpaired) electrons. The van der Waals surface area contributed by atoms with E-state index in [-0.39, 0.29) is 18.4 Å². The maximum absolute atomic E-state index is 11.8. The molecule has 1 rings (SSSR count). The van der Waals surface area contributed by atoms with Gasteiger partial charge in [0.1, 0.15) is 0 Å². The molecule has 4 heteroatoms. The van der Waals surface area contributed by atoms with E-state index in [9.17, 15) is 9.59 Å². The van der Waals surface area contributed by atoms with Crippen molar-refractivity contribution in [1.29, 1.82) is 0 Å². The Kier molecular flexibility index (Phi) is 5.45. The minimum absolute atomic E-state index is 0.0206. The Hall–Kier alpha value is -1.06. The quantitative estimate of drug-likeness (QED) is 0.792. The Morgan fingerprint density at radius 2 is 1.88 bits per heavy atom. The van der Waals surface area contributed by atoms with Crippen LogP contribution in [0.5, 0.6) is 0 Å². The minimum Gasteiger partial charge on any atom is -0.352 e. The van der Waals surface area contributed by atoms with Crippen molar-refractivity contribution in [2.24, 2.45) is 5.92 Å². The smallest absolute Gasteiger partial charge is 0.239 e. The van der Waals surface area contributed by atoms with Gasteiger partial charge in [-0.05, 0) is 18.8 Å². The Morgan fingerprint density at radius 3 is 2.35 bits per heavy atom. The van der Waals surface area contributed by atoms with Crippen LogP contribution >= 0.6 is 0 Å². The molecular formula is C13H24N2O2. The Labute approximate surface area is 104 Å². The average Bonchev–Trinajstić information content (AvgIpc) is 2.68. The number of nitrogens with one attached hydrogen (secondary N) is 1. The molecule has 1 saturated carbocycles. The summed E-state index contributed by atoms with van der Waals surface area (Å²) in [6.07, 6.45) is 4.56. The van der Waals surface area contributed by atoms with Crippen molar-refractivity contribution in [3.05, 3.63) is 0 Å². The zero-order valence-electron chi connectivity index (χ0n) is 11.2. The number of carbonyl (C=O) groups excluding carboxylic acids is 2. The van der Waals surface area contributed by atoms with Crippen LogP contribution in [0.1, 0.15) is 46.5 Å². The van der Waals surface area contributed by atoms with Crippen molar-refractivity contribution in [3.8, 4) is 0 Å². The number of nitrogens with zero attached hydrogens (tertiary/aromatic N) is 1. The maximum atomic E-state index is 11.8. The van der Waals surface area contributed by atoms with Crippen molar-refractivity contribution in [1.82, 2.24) is 10.2 Å². The van der Waals surface area contributed by atoms with Gasteiger partial charge < -0.3 is 10.2 Å². The molecule has 98 valence electrons. The largest absolute Gasteiger partial charge is 0.352 e. The molecule has 1 aliphatic rings. The normalized spacial score (nSPS) is 16.2. The highest BCUT2D eigenvalue weighted by molar-refractivity contribution is 5.83. The van der Waals surface area contributed by atoms with Gasteiger partial charge in [-0.15, -0.1) is 0 Å². The van der Waals surface area contributed by atoms with E-state index in [4.69, 9.17) is 0 Å². The van der Waals surface area contributed by atoms with Crippen LogP contribution in [0.25, 0.3) is 0 Å². The molecule has 1 fully saturated rings. The third-order valence-electron chi connectivity index (χ3n) is 3.09. The molecule has 0 aliphatic heterocycles. The van der Waals surface area contributed by atoms with Gasteiger partial charge in [-0.25, -0.2) is 0 Å². The summed E-state index contributed by atoms with van der Waals surface area (Å²) in [4.78, 5) is 24.8. The van der Waals surface area contributed by atoms with Crippen LogP contribution in [0.4, 0.5) is 0 Å². The fourth-order valence-electron chi connectivity index (χ4n) is 2.26. The molecule has 0 aromatic rings. The lowest BCUT2D eigenvalue weighted by molar-refractivity contribution is -0.135. The monoisotopic (exact) mass is 240 g/mol. The summed E-state index contributed by atoms with van der Waals surface area (Å²) < 4.78 is 0. The molecule has 0 spiro atoms. The van der Waals surface area contributed by atoms with Gasteiger partial charge in [-0.2, -0.15) is 0 Å².